The van der Waals surface area contributed by atoms with Crippen molar-refractivity contribution in [2.24, 2.45) is 0 Å². The molecule has 184 valence electrons. The van der Waals surface area contributed by atoms with Crippen LogP contribution in [0.1, 0.15) is 22.3 Å². The third kappa shape index (κ3) is 4.08. The normalized spacial score (nSPS) is 13.4. The summed E-state index contributed by atoms with van der Waals surface area (Å²) in [5.74, 6) is 0. The third-order valence-electron chi connectivity index (χ3n) is 7.99. The molecule has 0 radical (unpaired) electrons. The van der Waals surface area contributed by atoms with Gasteiger partial charge in [0.1, 0.15) is 16.1 Å². The molecule has 5 heteroatoms. The molecule has 0 aliphatic heterocycles. The van der Waals surface area contributed by atoms with Crippen molar-refractivity contribution in [2.45, 2.75) is 45.7 Å². The van der Waals surface area contributed by atoms with Crippen LogP contribution in [0, 0.1) is 6.92 Å². The van der Waals surface area contributed by atoms with Crippen LogP contribution in [0.3, 0.4) is 0 Å². The molecule has 0 spiro atoms. The van der Waals surface area contributed by atoms with Crippen LogP contribution in [-0.4, -0.2) is 16.1 Å². The van der Waals surface area contributed by atoms with E-state index in [2.05, 4.69) is 93.8 Å². The zero-order valence-corrected chi connectivity index (χ0v) is 23.4. The highest BCUT2D eigenvalue weighted by Crippen LogP contribution is 2.37. The molecule has 0 aromatic heterocycles. The molecule has 0 saturated carbocycles. The molecule has 0 atom stereocenters. The Labute approximate surface area is 213 Å². The van der Waals surface area contributed by atoms with E-state index in [9.17, 15) is 13.2 Å². The average Bonchev–Trinajstić information content (AvgIpc) is 3.22. The van der Waals surface area contributed by atoms with Gasteiger partial charge in [0.05, 0.1) is 5.56 Å². The Morgan fingerprint density at radius 1 is 0.611 bits per heavy atom. The van der Waals surface area contributed by atoms with Gasteiger partial charge in [0, 0.05) is 0 Å². The minimum Gasteiger partial charge on any atom is -0.166 e. The highest BCUT2D eigenvalue weighted by molar-refractivity contribution is 7.01. The molecule has 0 saturated heterocycles. The summed E-state index contributed by atoms with van der Waals surface area (Å²) in [6.07, 6.45) is -3.50. The van der Waals surface area contributed by atoms with Crippen LogP contribution in [-0.2, 0) is 12.6 Å². The minimum absolute atomic E-state index is 0.565. The number of hydrogen-bond donors (Lipinski definition) is 0. The summed E-state index contributed by atoms with van der Waals surface area (Å²) in [7, 11) is -4.34. The van der Waals surface area contributed by atoms with E-state index in [4.69, 9.17) is 0 Å². The molecule has 0 bridgehead atoms. The van der Waals surface area contributed by atoms with Gasteiger partial charge in [-0.25, -0.2) is 0 Å². The van der Waals surface area contributed by atoms with Crippen molar-refractivity contribution in [1.29, 1.82) is 0 Å². The van der Waals surface area contributed by atoms with Gasteiger partial charge < -0.3 is 0 Å². The van der Waals surface area contributed by atoms with Gasteiger partial charge >= 0.3 is 6.18 Å². The molecule has 5 rings (SSSR count). The van der Waals surface area contributed by atoms with E-state index >= 15 is 0 Å². The quantitative estimate of drug-likeness (QED) is 0.249. The van der Waals surface area contributed by atoms with Crippen molar-refractivity contribution < 1.29 is 13.2 Å². The summed E-state index contributed by atoms with van der Waals surface area (Å²) < 4.78 is 40.5. The zero-order chi connectivity index (χ0) is 25.9. The lowest BCUT2D eigenvalue weighted by Gasteiger charge is -2.28. The molecular weight excluding hydrogens is 486 g/mol. The summed E-state index contributed by atoms with van der Waals surface area (Å²) in [5, 5.41) is 4.92. The summed E-state index contributed by atoms with van der Waals surface area (Å²) in [4.78, 5) is 0. The average molecular weight is 517 g/mol. The second-order valence-corrected chi connectivity index (χ2v) is 19.8. The second-order valence-electron chi connectivity index (χ2n) is 11.0. The van der Waals surface area contributed by atoms with Crippen LogP contribution in [0.2, 0.25) is 26.2 Å². The lowest BCUT2D eigenvalue weighted by atomic mass is 10.1. The molecule has 1 aliphatic carbocycles. The Balaban J connectivity index is 1.62. The van der Waals surface area contributed by atoms with Gasteiger partial charge in [-0.1, -0.05) is 137 Å². The van der Waals surface area contributed by atoms with Gasteiger partial charge in [-0.05, 0) is 35.6 Å². The molecule has 0 amide bonds. The SMILES string of the molecule is Cc1cccc([Si](C)(C)c2cccc3c2Cc2c-3cccc2[Si](C)(C)c2cccc(C(F)(F)F)c2)c1. The first-order chi connectivity index (χ1) is 16.9. The van der Waals surface area contributed by atoms with Gasteiger partial charge in [-0.2, -0.15) is 13.2 Å². The van der Waals surface area contributed by atoms with Crippen molar-refractivity contribution in [1.82, 2.24) is 0 Å². The number of rotatable bonds is 4. The molecule has 0 fully saturated rings. The minimum atomic E-state index is -4.34. The van der Waals surface area contributed by atoms with Crippen molar-refractivity contribution >= 4 is 36.9 Å². The number of fused-ring (bicyclic) bond motifs is 3. The van der Waals surface area contributed by atoms with E-state index in [1.165, 1.54) is 55.5 Å². The van der Waals surface area contributed by atoms with E-state index in [0.29, 0.717) is 0 Å². The van der Waals surface area contributed by atoms with Crippen molar-refractivity contribution in [2.75, 3.05) is 0 Å². The third-order valence-corrected chi connectivity index (χ3v) is 15.1. The Morgan fingerprint density at radius 2 is 1.08 bits per heavy atom. The lowest BCUT2D eigenvalue weighted by molar-refractivity contribution is -0.137. The number of alkyl halides is 3. The molecule has 0 N–H and O–H groups in total. The Bertz CT molecular complexity index is 1470. The summed E-state index contributed by atoms with van der Waals surface area (Å²) in [5.41, 5.74) is 5.93. The maximum atomic E-state index is 13.5. The van der Waals surface area contributed by atoms with Crippen molar-refractivity contribution in [3.63, 3.8) is 0 Å². The first-order valence-corrected chi connectivity index (χ1v) is 18.4. The summed E-state index contributed by atoms with van der Waals surface area (Å²) in [6, 6.07) is 28.0. The van der Waals surface area contributed by atoms with E-state index in [1.807, 2.05) is 6.07 Å². The van der Waals surface area contributed by atoms with Gasteiger partial charge in [0.15, 0.2) is 0 Å². The molecule has 0 heterocycles. The van der Waals surface area contributed by atoms with Gasteiger partial charge in [0.2, 0.25) is 0 Å². The number of benzene rings is 4. The standard InChI is InChI=1S/C31H31F3Si2/c1-21-10-6-12-23(18-21)35(2,3)29-16-8-14-25-26-15-9-17-30(28(26)20-27(25)29)36(4,5)24-13-7-11-22(19-24)31(32,33)34/h6-19H,20H2,1-5H3. The fraction of sp³-hybridized carbons (Fsp3) is 0.226. The smallest absolute Gasteiger partial charge is 0.166 e. The molecule has 0 unspecified atom stereocenters. The highest BCUT2D eigenvalue weighted by Gasteiger charge is 2.37. The van der Waals surface area contributed by atoms with Crippen LogP contribution < -0.4 is 20.7 Å². The van der Waals surface area contributed by atoms with Crippen LogP contribution >= 0.6 is 0 Å². The van der Waals surface area contributed by atoms with Gasteiger partial charge in [0.25, 0.3) is 0 Å². The van der Waals surface area contributed by atoms with E-state index in [1.54, 1.807) is 6.07 Å². The predicted molar refractivity (Wildman–Crippen MR) is 151 cm³/mol. The molecule has 36 heavy (non-hydrogen) atoms. The van der Waals surface area contributed by atoms with Crippen molar-refractivity contribution in [3.05, 3.63) is 107 Å². The molecular formula is C31H31F3Si2. The fourth-order valence-electron chi connectivity index (χ4n) is 5.84. The molecule has 1 aliphatic rings. The highest BCUT2D eigenvalue weighted by atomic mass is 28.3. The zero-order valence-electron chi connectivity index (χ0n) is 21.4. The van der Waals surface area contributed by atoms with Crippen molar-refractivity contribution in [3.8, 4) is 11.1 Å². The van der Waals surface area contributed by atoms with E-state index in [-0.39, 0.29) is 0 Å². The fourth-order valence-corrected chi connectivity index (χ4v) is 11.6. The monoisotopic (exact) mass is 516 g/mol. The molecule has 4 aromatic carbocycles. The molecule has 4 aromatic rings. The topological polar surface area (TPSA) is 0 Å². The Hall–Kier alpha value is -2.90. The maximum Gasteiger partial charge on any atom is 0.416 e. The first kappa shape index (κ1) is 24.8. The van der Waals surface area contributed by atoms with Crippen LogP contribution in [0.15, 0.2) is 84.9 Å². The first-order valence-electron chi connectivity index (χ1n) is 12.4. The predicted octanol–water partition coefficient (Wildman–Crippen LogP) is 6.23. The Kier molecular flexibility index (Phi) is 5.92. The second kappa shape index (κ2) is 8.60. The van der Waals surface area contributed by atoms with E-state index < -0.39 is 27.9 Å². The van der Waals surface area contributed by atoms with Crippen LogP contribution in [0.25, 0.3) is 11.1 Å². The molecule has 0 nitrogen and oxygen atoms in total. The van der Waals surface area contributed by atoms with E-state index in [0.717, 1.165) is 11.6 Å². The van der Waals surface area contributed by atoms with Crippen LogP contribution in [0.4, 0.5) is 13.2 Å². The Morgan fingerprint density at radius 3 is 1.58 bits per heavy atom. The lowest BCUT2D eigenvalue weighted by Crippen LogP contribution is -2.55. The largest absolute Gasteiger partial charge is 0.416 e. The number of aryl methyl sites for hydroxylation is 1. The maximum absolute atomic E-state index is 13.5. The van der Waals surface area contributed by atoms with Gasteiger partial charge in [-0.15, -0.1) is 0 Å². The summed E-state index contributed by atoms with van der Waals surface area (Å²) >= 11 is 0. The number of hydrogen-bond acceptors (Lipinski definition) is 0. The number of halogens is 3. The van der Waals surface area contributed by atoms with Crippen LogP contribution in [0.5, 0.6) is 0 Å². The van der Waals surface area contributed by atoms with Gasteiger partial charge in [-0.3, -0.25) is 0 Å². The summed E-state index contributed by atoms with van der Waals surface area (Å²) in [6.45, 7) is 11.3.